The van der Waals surface area contributed by atoms with E-state index in [1.165, 1.54) is 5.56 Å². The van der Waals surface area contributed by atoms with Crippen LogP contribution in [0.1, 0.15) is 31.0 Å². The molecule has 0 bridgehead atoms. The number of amides is 1. The number of carbonyl (C=O) groups is 1. The van der Waals surface area contributed by atoms with Crippen molar-refractivity contribution < 1.29 is 4.79 Å². The van der Waals surface area contributed by atoms with Gasteiger partial charge in [0.2, 0.25) is 5.91 Å². The number of fused-ring (bicyclic) bond motifs is 1. The van der Waals surface area contributed by atoms with Crippen LogP contribution in [-0.2, 0) is 11.3 Å². The second kappa shape index (κ2) is 7.97. The number of aryl methyl sites for hydroxylation is 1. The molecule has 1 aliphatic rings. The first-order valence-corrected chi connectivity index (χ1v) is 9.15. The molecule has 1 fully saturated rings. The quantitative estimate of drug-likeness (QED) is 0.867. The third-order valence-electron chi connectivity index (χ3n) is 5.08. The Balaban J connectivity index is 1.42. The zero-order valence-corrected chi connectivity index (χ0v) is 15.5. The van der Waals surface area contributed by atoms with Crippen LogP contribution in [0, 0.1) is 6.92 Å². The van der Waals surface area contributed by atoms with Crippen LogP contribution in [-0.4, -0.2) is 64.4 Å². The average molecular weight is 343 g/mol. The molecule has 3 heterocycles. The lowest BCUT2D eigenvalue weighted by Gasteiger charge is -2.36. The second-order valence-corrected chi connectivity index (χ2v) is 7.21. The van der Waals surface area contributed by atoms with E-state index in [0.717, 1.165) is 43.9 Å². The topological polar surface area (TPSA) is 52.9 Å². The monoisotopic (exact) mass is 343 g/mol. The maximum Gasteiger partial charge on any atom is 0.220 e. The molecule has 25 heavy (non-hydrogen) atoms. The molecule has 1 amide bonds. The smallest absolute Gasteiger partial charge is 0.220 e. The third kappa shape index (κ3) is 4.80. The molecule has 2 aromatic heterocycles. The fourth-order valence-electron chi connectivity index (χ4n) is 3.28. The molecule has 0 aliphatic carbocycles. The summed E-state index contributed by atoms with van der Waals surface area (Å²) in [6.07, 6.45) is 5.45. The van der Waals surface area contributed by atoms with Crippen molar-refractivity contribution >= 4 is 11.6 Å². The normalized spacial score (nSPS) is 17.7. The molecular weight excluding hydrogens is 314 g/mol. The summed E-state index contributed by atoms with van der Waals surface area (Å²) in [4.78, 5) is 21.5. The fraction of sp³-hybridized carbons (Fsp3) is 0.579. The van der Waals surface area contributed by atoms with Crippen LogP contribution in [0.4, 0.5) is 0 Å². The standard InChI is InChI=1S/C19H29N5O/c1-15-6-7-24-14-17(21-18(24)12-15)13-20-19(25)5-4-16(2)23-10-8-22(3)9-11-23/h6-7,12,14,16H,4-5,8-11,13H2,1-3H3,(H,20,25). The number of nitrogens with one attached hydrogen (secondary N) is 1. The SMILES string of the molecule is Cc1ccn2cc(CNC(=O)CCC(C)N3CCN(C)CC3)nc2c1. The van der Waals surface area contributed by atoms with Gasteiger partial charge in [0.25, 0.3) is 0 Å². The van der Waals surface area contributed by atoms with E-state index in [2.05, 4.69) is 47.1 Å². The van der Waals surface area contributed by atoms with Crippen molar-refractivity contribution in [3.05, 3.63) is 35.8 Å². The largest absolute Gasteiger partial charge is 0.350 e. The highest BCUT2D eigenvalue weighted by atomic mass is 16.1. The summed E-state index contributed by atoms with van der Waals surface area (Å²) in [5, 5.41) is 3.00. The predicted octanol–water partition coefficient (Wildman–Crippen LogP) is 1.68. The zero-order valence-electron chi connectivity index (χ0n) is 15.5. The van der Waals surface area contributed by atoms with Gasteiger partial charge in [-0.2, -0.15) is 0 Å². The molecule has 1 N–H and O–H groups in total. The number of piperazine rings is 1. The van der Waals surface area contributed by atoms with E-state index in [1.54, 1.807) is 0 Å². The van der Waals surface area contributed by atoms with Gasteiger partial charge in [-0.05, 0) is 45.0 Å². The zero-order chi connectivity index (χ0) is 17.8. The minimum absolute atomic E-state index is 0.106. The molecule has 1 saturated heterocycles. The van der Waals surface area contributed by atoms with Gasteiger partial charge in [0, 0.05) is 51.0 Å². The van der Waals surface area contributed by atoms with Crippen molar-refractivity contribution in [2.45, 2.75) is 39.3 Å². The average Bonchev–Trinajstić information content (AvgIpc) is 3.00. The van der Waals surface area contributed by atoms with Gasteiger partial charge in [-0.25, -0.2) is 4.98 Å². The third-order valence-corrected chi connectivity index (χ3v) is 5.08. The van der Waals surface area contributed by atoms with Crippen molar-refractivity contribution in [3.63, 3.8) is 0 Å². The first-order valence-electron chi connectivity index (χ1n) is 9.15. The Morgan fingerprint density at radius 2 is 2.08 bits per heavy atom. The molecule has 0 saturated carbocycles. The van der Waals surface area contributed by atoms with E-state index in [1.807, 2.05) is 22.9 Å². The van der Waals surface area contributed by atoms with Crippen LogP contribution in [0.25, 0.3) is 5.65 Å². The molecule has 6 nitrogen and oxygen atoms in total. The summed E-state index contributed by atoms with van der Waals surface area (Å²) in [7, 11) is 2.16. The maximum atomic E-state index is 12.2. The molecule has 1 atom stereocenters. The molecule has 6 heteroatoms. The number of aromatic nitrogens is 2. The van der Waals surface area contributed by atoms with Gasteiger partial charge in [-0.1, -0.05) is 0 Å². The molecule has 136 valence electrons. The van der Waals surface area contributed by atoms with E-state index < -0.39 is 0 Å². The molecule has 0 spiro atoms. The number of imidazole rings is 1. The Hall–Kier alpha value is -1.92. The minimum atomic E-state index is 0.106. The molecule has 2 aromatic rings. The van der Waals surface area contributed by atoms with E-state index in [-0.39, 0.29) is 5.91 Å². The number of hydrogen-bond acceptors (Lipinski definition) is 4. The Labute approximate surface area is 149 Å². The fourth-order valence-corrected chi connectivity index (χ4v) is 3.28. The first kappa shape index (κ1) is 17.9. The van der Waals surface area contributed by atoms with Crippen molar-refractivity contribution in [1.82, 2.24) is 24.5 Å². The lowest BCUT2D eigenvalue weighted by molar-refractivity contribution is -0.121. The lowest BCUT2D eigenvalue weighted by atomic mass is 10.1. The summed E-state index contributed by atoms with van der Waals surface area (Å²) < 4.78 is 1.99. The van der Waals surface area contributed by atoms with Crippen LogP contribution in [0.15, 0.2) is 24.5 Å². The number of likely N-dealkylation sites (N-methyl/N-ethyl adjacent to an activating group) is 1. The summed E-state index contributed by atoms with van der Waals surface area (Å²) >= 11 is 0. The summed E-state index contributed by atoms with van der Waals surface area (Å²) in [6.45, 7) is 9.19. The van der Waals surface area contributed by atoms with Crippen LogP contribution >= 0.6 is 0 Å². The van der Waals surface area contributed by atoms with Crippen molar-refractivity contribution in [2.24, 2.45) is 0 Å². The number of rotatable bonds is 6. The van der Waals surface area contributed by atoms with Crippen LogP contribution in [0.2, 0.25) is 0 Å². The number of hydrogen-bond donors (Lipinski definition) is 1. The highest BCUT2D eigenvalue weighted by molar-refractivity contribution is 5.75. The molecule has 3 rings (SSSR count). The van der Waals surface area contributed by atoms with E-state index in [9.17, 15) is 4.79 Å². The molecule has 1 aliphatic heterocycles. The second-order valence-electron chi connectivity index (χ2n) is 7.21. The number of pyridine rings is 1. The minimum Gasteiger partial charge on any atom is -0.350 e. The van der Waals surface area contributed by atoms with Gasteiger partial charge in [0.1, 0.15) is 5.65 Å². The Morgan fingerprint density at radius 3 is 2.84 bits per heavy atom. The number of carbonyl (C=O) groups excluding carboxylic acids is 1. The molecule has 0 radical (unpaired) electrons. The van der Waals surface area contributed by atoms with Crippen molar-refractivity contribution in [2.75, 3.05) is 33.2 Å². The van der Waals surface area contributed by atoms with Crippen LogP contribution in [0.5, 0.6) is 0 Å². The van der Waals surface area contributed by atoms with Crippen LogP contribution < -0.4 is 5.32 Å². The Kier molecular flexibility index (Phi) is 5.71. The molecule has 0 aromatic carbocycles. The van der Waals surface area contributed by atoms with Gasteiger partial charge in [0.15, 0.2) is 0 Å². The molecule has 1 unspecified atom stereocenters. The Morgan fingerprint density at radius 1 is 1.32 bits per heavy atom. The van der Waals surface area contributed by atoms with Crippen molar-refractivity contribution in [3.8, 4) is 0 Å². The summed E-state index contributed by atoms with van der Waals surface area (Å²) in [5.74, 6) is 0.106. The summed E-state index contributed by atoms with van der Waals surface area (Å²) in [5.41, 5.74) is 3.01. The van der Waals surface area contributed by atoms with Gasteiger partial charge in [-0.15, -0.1) is 0 Å². The highest BCUT2D eigenvalue weighted by Crippen LogP contribution is 2.11. The van der Waals surface area contributed by atoms with Gasteiger partial charge in [0.05, 0.1) is 12.2 Å². The van der Waals surface area contributed by atoms with Crippen LogP contribution in [0.3, 0.4) is 0 Å². The van der Waals surface area contributed by atoms with E-state index >= 15 is 0 Å². The Bertz CT molecular complexity index is 718. The summed E-state index contributed by atoms with van der Waals surface area (Å²) in [6, 6.07) is 4.55. The number of nitrogens with zero attached hydrogens (tertiary/aromatic N) is 4. The lowest BCUT2D eigenvalue weighted by Crippen LogP contribution is -2.48. The van der Waals surface area contributed by atoms with E-state index in [4.69, 9.17) is 0 Å². The van der Waals surface area contributed by atoms with E-state index in [0.29, 0.717) is 19.0 Å². The predicted molar refractivity (Wildman–Crippen MR) is 99.5 cm³/mol. The first-order chi connectivity index (χ1) is 12.0. The van der Waals surface area contributed by atoms with Gasteiger partial charge in [-0.3, -0.25) is 9.69 Å². The highest BCUT2D eigenvalue weighted by Gasteiger charge is 2.19. The van der Waals surface area contributed by atoms with Crippen molar-refractivity contribution in [1.29, 1.82) is 0 Å². The van der Waals surface area contributed by atoms with Gasteiger partial charge < -0.3 is 14.6 Å². The van der Waals surface area contributed by atoms with Gasteiger partial charge >= 0.3 is 0 Å². The molecular formula is C19H29N5O. The maximum absolute atomic E-state index is 12.2.